The van der Waals surface area contributed by atoms with Crippen molar-refractivity contribution >= 4 is 34.7 Å². The molecule has 0 saturated heterocycles. The summed E-state index contributed by atoms with van der Waals surface area (Å²) in [6.45, 7) is 1.78. The lowest BCUT2D eigenvalue weighted by atomic mass is 10.3. The molecule has 0 bridgehead atoms. The number of carboxylic acid groups (broad SMARTS) is 1. The Bertz CT molecular complexity index is 965. The second-order valence-corrected chi connectivity index (χ2v) is 5.40. The van der Waals surface area contributed by atoms with Crippen LogP contribution in [-0.4, -0.2) is 27.6 Å². The summed E-state index contributed by atoms with van der Waals surface area (Å²) in [6, 6.07) is 8.16. The van der Waals surface area contributed by atoms with Crippen LogP contribution in [0, 0.1) is 6.92 Å². The minimum absolute atomic E-state index is 0.142. The average molecular weight is 345 g/mol. The molecule has 24 heavy (non-hydrogen) atoms. The number of fused-ring (bicyclic) bond motifs is 1. The Hall–Kier alpha value is -2.93. The Kier molecular flexibility index (Phi) is 4.18. The predicted octanol–water partition coefficient (Wildman–Crippen LogP) is 4.42. The number of methoxy groups -OCH3 is 1. The first-order valence-corrected chi connectivity index (χ1v) is 7.34. The zero-order valence-electron chi connectivity index (χ0n) is 12.9. The molecule has 0 aliphatic rings. The molecule has 2 aromatic heterocycles. The number of ether oxygens (including phenoxy) is 1. The third-order valence-electron chi connectivity index (χ3n) is 3.40. The van der Waals surface area contributed by atoms with E-state index in [9.17, 15) is 4.79 Å². The molecule has 0 amide bonds. The number of imidazole rings is 1. The van der Waals surface area contributed by atoms with Crippen molar-refractivity contribution in [2.75, 3.05) is 7.11 Å². The highest BCUT2D eigenvalue weighted by Crippen LogP contribution is 2.30. The first kappa shape index (κ1) is 15.9. The topological polar surface area (TPSA) is 88.5 Å². The summed E-state index contributed by atoms with van der Waals surface area (Å²) in [5.74, 6) is -0.0131. The van der Waals surface area contributed by atoms with Crippen molar-refractivity contribution in [2.45, 2.75) is 6.92 Å². The first-order chi connectivity index (χ1) is 11.5. The van der Waals surface area contributed by atoms with Gasteiger partial charge in [-0.05, 0) is 37.3 Å². The number of hydrogen-bond acceptors (Lipinski definition) is 5. The molecule has 1 N–H and O–H groups in total. The largest absolute Gasteiger partial charge is 0.495 e. The number of rotatable bonds is 4. The van der Waals surface area contributed by atoms with Gasteiger partial charge in [-0.1, -0.05) is 11.6 Å². The summed E-state index contributed by atoms with van der Waals surface area (Å²) < 4.78 is 6.68. The molecule has 7 nitrogen and oxygen atoms in total. The summed E-state index contributed by atoms with van der Waals surface area (Å²) >= 11 is 6.06. The maximum Gasteiger partial charge on any atom is 0.337 e. The molecule has 0 atom stereocenters. The highest BCUT2D eigenvalue weighted by Gasteiger charge is 2.11. The number of benzene rings is 1. The second kappa shape index (κ2) is 6.29. The zero-order chi connectivity index (χ0) is 17.3. The fourth-order valence-electron chi connectivity index (χ4n) is 2.22. The van der Waals surface area contributed by atoms with Crippen LogP contribution in [0.2, 0.25) is 5.02 Å². The van der Waals surface area contributed by atoms with Crippen LogP contribution in [0.4, 0.5) is 11.5 Å². The van der Waals surface area contributed by atoms with E-state index in [4.69, 9.17) is 21.4 Å². The van der Waals surface area contributed by atoms with Crippen molar-refractivity contribution in [3.8, 4) is 5.75 Å². The van der Waals surface area contributed by atoms with Crippen LogP contribution >= 0.6 is 11.6 Å². The Morgan fingerprint density at radius 2 is 2.08 bits per heavy atom. The molecule has 1 aromatic carbocycles. The van der Waals surface area contributed by atoms with Crippen LogP contribution in [-0.2, 0) is 0 Å². The number of aromatic nitrogens is 2. The van der Waals surface area contributed by atoms with Crippen LogP contribution in [0.25, 0.3) is 5.65 Å². The van der Waals surface area contributed by atoms with Crippen LogP contribution in [0.5, 0.6) is 5.75 Å². The Morgan fingerprint density at radius 1 is 1.29 bits per heavy atom. The summed E-state index contributed by atoms with van der Waals surface area (Å²) in [5, 5.41) is 17.9. The normalized spacial score (nSPS) is 11.3. The van der Waals surface area contributed by atoms with E-state index in [1.807, 2.05) is 0 Å². The zero-order valence-corrected chi connectivity index (χ0v) is 13.7. The molecular weight excluding hydrogens is 332 g/mol. The number of aryl methyl sites for hydroxylation is 1. The Labute approximate surface area is 142 Å². The molecule has 2 heterocycles. The highest BCUT2D eigenvalue weighted by atomic mass is 35.5. The maximum atomic E-state index is 11.1. The quantitative estimate of drug-likeness (QED) is 0.709. The van der Waals surface area contributed by atoms with E-state index in [-0.39, 0.29) is 5.56 Å². The second-order valence-electron chi connectivity index (χ2n) is 4.99. The standard InChI is InChI=1S/C16H13ClN4O3/c1-9-15(20-19-11-4-5-13(24-2)12(17)7-11)21-8-10(16(22)23)3-6-14(21)18-9/h3-8H,1-2H3,(H,22,23). The number of aromatic carboxylic acids is 1. The van der Waals surface area contributed by atoms with Gasteiger partial charge >= 0.3 is 5.97 Å². The van der Waals surface area contributed by atoms with E-state index in [1.165, 1.54) is 19.4 Å². The average Bonchev–Trinajstić information content (AvgIpc) is 2.87. The smallest absolute Gasteiger partial charge is 0.337 e. The van der Waals surface area contributed by atoms with E-state index in [1.54, 1.807) is 35.6 Å². The lowest BCUT2D eigenvalue weighted by molar-refractivity contribution is 0.0696. The van der Waals surface area contributed by atoms with Gasteiger partial charge in [0.2, 0.25) is 0 Å². The molecular formula is C16H13ClN4O3. The molecule has 0 fully saturated rings. The van der Waals surface area contributed by atoms with Crippen molar-refractivity contribution in [3.05, 3.63) is 52.8 Å². The van der Waals surface area contributed by atoms with Crippen molar-refractivity contribution in [3.63, 3.8) is 0 Å². The number of hydrogen-bond donors (Lipinski definition) is 1. The summed E-state index contributed by atoms with van der Waals surface area (Å²) in [7, 11) is 1.53. The van der Waals surface area contributed by atoms with Gasteiger partial charge in [-0.25, -0.2) is 9.78 Å². The maximum absolute atomic E-state index is 11.1. The van der Waals surface area contributed by atoms with Gasteiger partial charge in [0.1, 0.15) is 11.4 Å². The SMILES string of the molecule is COc1ccc(N=Nc2c(C)nc3ccc(C(=O)O)cn23)cc1Cl. The van der Waals surface area contributed by atoms with Crippen LogP contribution in [0.1, 0.15) is 16.1 Å². The number of carbonyl (C=O) groups is 1. The number of pyridine rings is 1. The van der Waals surface area contributed by atoms with E-state index in [0.29, 0.717) is 33.6 Å². The van der Waals surface area contributed by atoms with E-state index in [2.05, 4.69) is 15.2 Å². The van der Waals surface area contributed by atoms with Gasteiger partial charge in [-0.2, -0.15) is 0 Å². The first-order valence-electron chi connectivity index (χ1n) is 6.97. The fraction of sp³-hybridized carbons (Fsp3) is 0.125. The summed E-state index contributed by atoms with van der Waals surface area (Å²) in [5.41, 5.74) is 1.92. The van der Waals surface area contributed by atoms with Crippen molar-refractivity contribution in [1.29, 1.82) is 0 Å². The van der Waals surface area contributed by atoms with Crippen molar-refractivity contribution in [1.82, 2.24) is 9.38 Å². The van der Waals surface area contributed by atoms with E-state index in [0.717, 1.165) is 0 Å². The molecule has 0 saturated carbocycles. The van der Waals surface area contributed by atoms with Crippen LogP contribution in [0.3, 0.4) is 0 Å². The number of nitrogens with zero attached hydrogens (tertiary/aromatic N) is 4. The van der Waals surface area contributed by atoms with Gasteiger partial charge in [0.25, 0.3) is 0 Å². The predicted molar refractivity (Wildman–Crippen MR) is 89.1 cm³/mol. The summed E-state index contributed by atoms with van der Waals surface area (Å²) in [4.78, 5) is 15.5. The summed E-state index contributed by atoms with van der Waals surface area (Å²) in [6.07, 6.45) is 1.47. The van der Waals surface area contributed by atoms with Crippen molar-refractivity contribution < 1.29 is 14.6 Å². The lowest BCUT2D eigenvalue weighted by Crippen LogP contribution is -1.98. The molecule has 0 radical (unpaired) electrons. The molecule has 3 rings (SSSR count). The van der Waals surface area contributed by atoms with Gasteiger partial charge in [0, 0.05) is 6.20 Å². The number of azo groups is 1. The molecule has 122 valence electrons. The minimum Gasteiger partial charge on any atom is -0.495 e. The minimum atomic E-state index is -1.02. The number of halogens is 1. The van der Waals surface area contributed by atoms with Gasteiger partial charge in [-0.15, -0.1) is 10.2 Å². The highest BCUT2D eigenvalue weighted by molar-refractivity contribution is 6.32. The third-order valence-corrected chi connectivity index (χ3v) is 3.70. The molecule has 0 unspecified atom stereocenters. The molecule has 8 heteroatoms. The molecule has 0 spiro atoms. The molecule has 0 aliphatic carbocycles. The molecule has 0 aliphatic heterocycles. The van der Waals surface area contributed by atoms with Gasteiger partial charge in [-0.3, -0.25) is 4.40 Å². The van der Waals surface area contributed by atoms with Gasteiger partial charge < -0.3 is 9.84 Å². The fourth-order valence-corrected chi connectivity index (χ4v) is 2.47. The van der Waals surface area contributed by atoms with Crippen molar-refractivity contribution in [2.24, 2.45) is 10.2 Å². The molecule has 3 aromatic rings. The van der Waals surface area contributed by atoms with Gasteiger partial charge in [0.05, 0.1) is 29.1 Å². The monoisotopic (exact) mass is 344 g/mol. The third kappa shape index (κ3) is 2.93. The van der Waals surface area contributed by atoms with Crippen LogP contribution in [0.15, 0.2) is 46.8 Å². The van der Waals surface area contributed by atoms with Gasteiger partial charge in [0.15, 0.2) is 5.82 Å². The van der Waals surface area contributed by atoms with E-state index >= 15 is 0 Å². The van der Waals surface area contributed by atoms with Crippen LogP contribution < -0.4 is 4.74 Å². The Balaban J connectivity index is 2.02. The van der Waals surface area contributed by atoms with E-state index < -0.39 is 5.97 Å². The Morgan fingerprint density at radius 3 is 2.75 bits per heavy atom. The number of carboxylic acids is 1. The lowest BCUT2D eigenvalue weighted by Gasteiger charge is -2.02.